The molecule has 0 saturated carbocycles. The summed E-state index contributed by atoms with van der Waals surface area (Å²) in [6.45, 7) is 1.28. The monoisotopic (exact) mass is 359 g/mol. The quantitative estimate of drug-likeness (QED) is 0.845. The molecule has 1 aliphatic rings. The second-order valence-electron chi connectivity index (χ2n) is 4.39. The van der Waals surface area contributed by atoms with E-state index in [-0.39, 0.29) is 10.1 Å². The molecular formula is C12H13ClF3NO4S. The number of hydrogen-bond donors (Lipinski definition) is 2. The van der Waals surface area contributed by atoms with Crippen molar-refractivity contribution in [2.45, 2.75) is 22.7 Å². The first kappa shape index (κ1) is 18.7. The molecule has 1 aromatic rings. The molecule has 0 aliphatic carbocycles. The number of rotatable bonds is 2. The fourth-order valence-electron chi connectivity index (χ4n) is 1.75. The molecule has 5 nitrogen and oxygen atoms in total. The van der Waals surface area contributed by atoms with Crippen molar-refractivity contribution < 1.29 is 31.5 Å². The summed E-state index contributed by atoms with van der Waals surface area (Å²) in [6.07, 6.45) is -4.42. The van der Waals surface area contributed by atoms with Crippen LogP contribution in [0.4, 0.5) is 13.2 Å². The van der Waals surface area contributed by atoms with Crippen LogP contribution in [0.2, 0.25) is 5.02 Å². The molecule has 0 radical (unpaired) electrons. The molecule has 1 aromatic carbocycles. The lowest BCUT2D eigenvalue weighted by atomic mass is 10.4. The minimum atomic E-state index is -5.08. The Morgan fingerprint density at radius 3 is 2.27 bits per heavy atom. The van der Waals surface area contributed by atoms with Gasteiger partial charge in [0.1, 0.15) is 0 Å². The van der Waals surface area contributed by atoms with Gasteiger partial charge in [-0.05, 0) is 25.1 Å². The molecule has 1 fully saturated rings. The first-order valence-corrected chi connectivity index (χ1v) is 7.98. The van der Waals surface area contributed by atoms with E-state index in [2.05, 4.69) is 5.32 Å². The summed E-state index contributed by atoms with van der Waals surface area (Å²) in [5, 5.41) is 10.1. The van der Waals surface area contributed by atoms with Gasteiger partial charge in [-0.3, -0.25) is 0 Å². The number of sulfone groups is 1. The average Bonchev–Trinajstić information content (AvgIpc) is 2.93. The zero-order valence-corrected chi connectivity index (χ0v) is 12.7. The lowest BCUT2D eigenvalue weighted by molar-refractivity contribution is -0.192. The molecule has 1 saturated heterocycles. The van der Waals surface area contributed by atoms with Crippen LogP contribution in [0.25, 0.3) is 0 Å². The van der Waals surface area contributed by atoms with E-state index in [1.54, 1.807) is 24.3 Å². The molecule has 10 heteroatoms. The molecule has 0 aromatic heterocycles. The average molecular weight is 360 g/mol. The highest BCUT2D eigenvalue weighted by Crippen LogP contribution is 2.26. The first-order valence-electron chi connectivity index (χ1n) is 6.06. The number of carboxylic acids is 1. The predicted octanol–water partition coefficient (Wildman–Crippen LogP) is 2.11. The van der Waals surface area contributed by atoms with Gasteiger partial charge in [-0.15, -0.1) is 0 Å². The zero-order chi connectivity index (χ0) is 17.0. The lowest BCUT2D eigenvalue weighted by Crippen LogP contribution is -2.24. The zero-order valence-electron chi connectivity index (χ0n) is 11.1. The Hall–Kier alpha value is -1.32. The van der Waals surface area contributed by atoms with Gasteiger partial charge >= 0.3 is 12.1 Å². The number of hydrogen-bond acceptors (Lipinski definition) is 4. The van der Waals surface area contributed by atoms with Crippen molar-refractivity contribution in [3.63, 3.8) is 0 Å². The maximum Gasteiger partial charge on any atom is 0.490 e. The topological polar surface area (TPSA) is 83.5 Å². The van der Waals surface area contributed by atoms with Gasteiger partial charge in [0.25, 0.3) is 0 Å². The predicted molar refractivity (Wildman–Crippen MR) is 73.6 cm³/mol. The molecule has 1 atom stereocenters. The molecule has 0 unspecified atom stereocenters. The highest BCUT2D eigenvalue weighted by molar-refractivity contribution is 7.92. The fourth-order valence-corrected chi connectivity index (χ4v) is 3.94. The second-order valence-corrected chi connectivity index (χ2v) is 7.00. The molecular weight excluding hydrogens is 347 g/mol. The van der Waals surface area contributed by atoms with Crippen LogP contribution in [0.1, 0.15) is 6.42 Å². The summed E-state index contributed by atoms with van der Waals surface area (Å²) < 4.78 is 56.0. The molecule has 2 rings (SSSR count). The van der Waals surface area contributed by atoms with Crippen molar-refractivity contribution in [3.8, 4) is 0 Å². The molecule has 0 bridgehead atoms. The largest absolute Gasteiger partial charge is 0.490 e. The third kappa shape index (κ3) is 4.85. The molecule has 22 heavy (non-hydrogen) atoms. The number of carboxylic acid groups (broad SMARTS) is 1. The van der Waals surface area contributed by atoms with Crippen LogP contribution in [-0.2, 0) is 14.6 Å². The number of aliphatic carboxylic acids is 1. The van der Waals surface area contributed by atoms with Crippen LogP contribution < -0.4 is 5.32 Å². The minimum Gasteiger partial charge on any atom is -0.475 e. The summed E-state index contributed by atoms with van der Waals surface area (Å²) in [7, 11) is -3.26. The van der Waals surface area contributed by atoms with Gasteiger partial charge in [-0.2, -0.15) is 13.2 Å². The standard InChI is InChI=1S/C10H12ClNO2S.C2HF3O2/c11-9-3-1-2-4-10(9)15(13,14)8-5-6-12-7-8;3-2(4,5)1(6)7/h1-4,8,12H,5-7H2;(H,6,7)/t8-;/m0./s1. The number of benzene rings is 1. The Labute approximate surface area is 130 Å². The van der Waals surface area contributed by atoms with Gasteiger partial charge in [0.15, 0.2) is 9.84 Å². The number of halogens is 4. The molecule has 124 valence electrons. The Morgan fingerprint density at radius 1 is 1.32 bits per heavy atom. The highest BCUT2D eigenvalue weighted by atomic mass is 35.5. The summed E-state index contributed by atoms with van der Waals surface area (Å²) in [4.78, 5) is 9.15. The smallest absolute Gasteiger partial charge is 0.475 e. The van der Waals surface area contributed by atoms with Crippen molar-refractivity contribution >= 4 is 27.4 Å². The molecule has 1 aliphatic heterocycles. The van der Waals surface area contributed by atoms with E-state index in [9.17, 15) is 21.6 Å². The van der Waals surface area contributed by atoms with Gasteiger partial charge in [0.05, 0.1) is 15.2 Å². The number of carbonyl (C=O) groups is 1. The lowest BCUT2D eigenvalue weighted by Gasteiger charge is -2.11. The normalized spacial score (nSPS) is 18.5. The summed E-state index contributed by atoms with van der Waals surface area (Å²) >= 11 is 5.89. The number of alkyl halides is 3. The van der Waals surface area contributed by atoms with Gasteiger partial charge < -0.3 is 10.4 Å². The van der Waals surface area contributed by atoms with Crippen LogP contribution in [-0.4, -0.2) is 44.0 Å². The fraction of sp³-hybridized carbons (Fsp3) is 0.417. The summed E-state index contributed by atoms with van der Waals surface area (Å²) in [5.41, 5.74) is 0. The molecule has 1 heterocycles. The van der Waals surface area contributed by atoms with E-state index in [1.807, 2.05) is 0 Å². The van der Waals surface area contributed by atoms with Crippen molar-refractivity contribution in [1.82, 2.24) is 5.32 Å². The van der Waals surface area contributed by atoms with E-state index < -0.39 is 22.0 Å². The third-order valence-corrected chi connectivity index (χ3v) is 5.53. The van der Waals surface area contributed by atoms with Gasteiger partial charge in [-0.1, -0.05) is 23.7 Å². The van der Waals surface area contributed by atoms with Crippen molar-refractivity contribution in [2.24, 2.45) is 0 Å². The van der Waals surface area contributed by atoms with Crippen LogP contribution in [0.5, 0.6) is 0 Å². The molecule has 0 spiro atoms. The van der Waals surface area contributed by atoms with Crippen LogP contribution in [0, 0.1) is 0 Å². The van der Waals surface area contributed by atoms with Crippen molar-refractivity contribution in [2.75, 3.05) is 13.1 Å². The van der Waals surface area contributed by atoms with Gasteiger partial charge in [0, 0.05) is 6.54 Å². The summed E-state index contributed by atoms with van der Waals surface area (Å²) in [5.74, 6) is -2.76. The van der Waals surface area contributed by atoms with E-state index in [0.717, 1.165) is 6.54 Å². The molecule has 0 amide bonds. The van der Waals surface area contributed by atoms with E-state index in [0.29, 0.717) is 18.0 Å². The number of nitrogens with one attached hydrogen (secondary N) is 1. The highest BCUT2D eigenvalue weighted by Gasteiger charge is 2.38. The van der Waals surface area contributed by atoms with Crippen LogP contribution >= 0.6 is 11.6 Å². The van der Waals surface area contributed by atoms with Crippen molar-refractivity contribution in [1.29, 1.82) is 0 Å². The summed E-state index contributed by atoms with van der Waals surface area (Å²) in [6, 6.07) is 6.60. The third-order valence-electron chi connectivity index (χ3n) is 2.84. The Kier molecular flexibility index (Phi) is 6.21. The maximum absolute atomic E-state index is 12.1. The second kappa shape index (κ2) is 7.30. The maximum atomic E-state index is 12.1. The van der Waals surface area contributed by atoms with Crippen LogP contribution in [0.15, 0.2) is 29.2 Å². The van der Waals surface area contributed by atoms with E-state index >= 15 is 0 Å². The Balaban J connectivity index is 0.000000295. The van der Waals surface area contributed by atoms with E-state index in [4.69, 9.17) is 21.5 Å². The Morgan fingerprint density at radius 2 is 1.86 bits per heavy atom. The van der Waals surface area contributed by atoms with Crippen LogP contribution in [0.3, 0.4) is 0 Å². The van der Waals surface area contributed by atoms with Gasteiger partial charge in [-0.25, -0.2) is 13.2 Å². The SMILES string of the molecule is O=C(O)C(F)(F)F.O=S(=O)(c1ccccc1Cl)[C@H]1CCNC1. The van der Waals surface area contributed by atoms with Crippen molar-refractivity contribution in [3.05, 3.63) is 29.3 Å². The Bertz CT molecular complexity index is 628. The minimum absolute atomic E-state index is 0.250. The molecule has 2 N–H and O–H groups in total. The van der Waals surface area contributed by atoms with E-state index in [1.165, 1.54) is 0 Å². The van der Waals surface area contributed by atoms with Gasteiger partial charge in [0.2, 0.25) is 0 Å². The first-order chi connectivity index (χ1) is 10.1.